The number of amides is 1. The van der Waals surface area contributed by atoms with Crippen molar-refractivity contribution < 1.29 is 9.53 Å². The van der Waals surface area contributed by atoms with Gasteiger partial charge in [-0.1, -0.05) is 12.1 Å². The molecule has 2 fully saturated rings. The molecule has 154 valence electrons. The van der Waals surface area contributed by atoms with E-state index < -0.39 is 0 Å². The van der Waals surface area contributed by atoms with Crippen molar-refractivity contribution in [1.82, 2.24) is 19.8 Å². The second kappa shape index (κ2) is 7.78. The van der Waals surface area contributed by atoms with Crippen LogP contribution in [0.4, 0.5) is 0 Å². The van der Waals surface area contributed by atoms with Crippen LogP contribution in [0.2, 0.25) is 0 Å². The molecule has 0 N–H and O–H groups in total. The number of hydrogen-bond donors (Lipinski definition) is 0. The van der Waals surface area contributed by atoms with Gasteiger partial charge in [0, 0.05) is 67.3 Å². The van der Waals surface area contributed by atoms with Crippen molar-refractivity contribution in [2.75, 3.05) is 39.9 Å². The lowest BCUT2D eigenvalue weighted by Crippen LogP contribution is -2.63. The number of pyridine rings is 2. The lowest BCUT2D eigenvalue weighted by Gasteiger charge is -2.51. The number of fused-ring (bicyclic) bond motifs is 1. The molecule has 0 aliphatic carbocycles. The quantitative estimate of drug-likeness (QED) is 0.659. The van der Waals surface area contributed by atoms with Gasteiger partial charge in [-0.25, -0.2) is 0 Å². The Bertz CT molecular complexity index is 1050. The van der Waals surface area contributed by atoms with Crippen molar-refractivity contribution in [2.45, 2.75) is 18.4 Å². The number of carbonyl (C=O) groups is 1. The van der Waals surface area contributed by atoms with Gasteiger partial charge in [-0.3, -0.25) is 19.7 Å². The number of ether oxygens (including phenoxy) is 1. The molecule has 3 aromatic rings. The molecule has 2 aliphatic rings. The molecule has 0 unspecified atom stereocenters. The molecule has 1 amide bonds. The Balaban J connectivity index is 1.38. The molecule has 0 atom stereocenters. The van der Waals surface area contributed by atoms with Gasteiger partial charge in [0.2, 0.25) is 0 Å². The van der Waals surface area contributed by atoms with Crippen LogP contribution >= 0.6 is 0 Å². The lowest BCUT2D eigenvalue weighted by atomic mass is 9.85. The summed E-state index contributed by atoms with van der Waals surface area (Å²) in [5.74, 6) is 0.105. The molecule has 0 bridgehead atoms. The van der Waals surface area contributed by atoms with E-state index >= 15 is 0 Å². The molecule has 6 nitrogen and oxygen atoms in total. The first-order valence-corrected chi connectivity index (χ1v) is 10.5. The Morgan fingerprint density at radius 1 is 1.00 bits per heavy atom. The second-order valence-corrected chi connectivity index (χ2v) is 8.29. The third-order valence-electron chi connectivity index (χ3n) is 6.65. The van der Waals surface area contributed by atoms with Crippen molar-refractivity contribution in [3.8, 4) is 11.3 Å². The number of piperazine rings is 1. The highest BCUT2D eigenvalue weighted by molar-refractivity contribution is 5.96. The van der Waals surface area contributed by atoms with Crippen LogP contribution in [-0.2, 0) is 4.74 Å². The highest BCUT2D eigenvalue weighted by Crippen LogP contribution is 2.31. The molecule has 30 heavy (non-hydrogen) atoms. The predicted octanol–water partition coefficient (Wildman–Crippen LogP) is 3.23. The largest absolute Gasteiger partial charge is 0.381 e. The molecule has 1 aromatic carbocycles. The molecule has 1 spiro atoms. The summed E-state index contributed by atoms with van der Waals surface area (Å²) in [6.45, 7) is 3.97. The minimum Gasteiger partial charge on any atom is -0.381 e. The van der Waals surface area contributed by atoms with Crippen LogP contribution in [0.15, 0.2) is 54.9 Å². The van der Waals surface area contributed by atoms with E-state index in [1.165, 1.54) is 0 Å². The highest BCUT2D eigenvalue weighted by Gasteiger charge is 2.42. The van der Waals surface area contributed by atoms with Crippen LogP contribution in [0.1, 0.15) is 23.2 Å². The van der Waals surface area contributed by atoms with Crippen LogP contribution in [-0.4, -0.2) is 71.1 Å². The number of nitrogens with zero attached hydrogens (tertiary/aromatic N) is 4. The van der Waals surface area contributed by atoms with Crippen molar-refractivity contribution in [3.63, 3.8) is 0 Å². The van der Waals surface area contributed by atoms with Crippen molar-refractivity contribution >= 4 is 16.8 Å². The zero-order valence-corrected chi connectivity index (χ0v) is 17.3. The molecular weight excluding hydrogens is 376 g/mol. The molecule has 2 saturated heterocycles. The summed E-state index contributed by atoms with van der Waals surface area (Å²) in [4.78, 5) is 26.6. The normalized spacial score (nSPS) is 19.3. The summed E-state index contributed by atoms with van der Waals surface area (Å²) in [6, 6.07) is 13.7. The monoisotopic (exact) mass is 402 g/mol. The fourth-order valence-corrected chi connectivity index (χ4v) is 4.71. The van der Waals surface area contributed by atoms with E-state index in [4.69, 9.17) is 4.74 Å². The molecule has 4 heterocycles. The van der Waals surface area contributed by atoms with E-state index in [2.05, 4.69) is 21.9 Å². The van der Waals surface area contributed by atoms with Crippen LogP contribution in [0, 0.1) is 0 Å². The molecule has 0 saturated carbocycles. The zero-order chi connectivity index (χ0) is 20.6. The van der Waals surface area contributed by atoms with E-state index in [1.807, 2.05) is 47.4 Å². The van der Waals surface area contributed by atoms with Crippen molar-refractivity contribution in [2.24, 2.45) is 0 Å². The fourth-order valence-electron chi connectivity index (χ4n) is 4.71. The van der Waals surface area contributed by atoms with Gasteiger partial charge in [-0.15, -0.1) is 0 Å². The van der Waals surface area contributed by atoms with E-state index in [0.29, 0.717) is 0 Å². The average Bonchev–Trinajstić information content (AvgIpc) is 2.81. The van der Waals surface area contributed by atoms with Gasteiger partial charge in [-0.05, 0) is 50.2 Å². The first kappa shape index (κ1) is 19.2. The topological polar surface area (TPSA) is 58.6 Å². The van der Waals surface area contributed by atoms with Crippen LogP contribution in [0.5, 0.6) is 0 Å². The number of carbonyl (C=O) groups excluding carboxylic acids is 1. The molecular formula is C24H26N4O2. The Kier molecular flexibility index (Phi) is 4.97. The minimum absolute atomic E-state index is 0.0476. The lowest BCUT2D eigenvalue weighted by molar-refractivity contribution is -0.0543. The number of likely N-dealkylation sites (N-methyl/N-ethyl adjacent to an activating group) is 1. The summed E-state index contributed by atoms with van der Waals surface area (Å²) < 4.78 is 5.57. The number of hydrogen-bond acceptors (Lipinski definition) is 5. The maximum absolute atomic E-state index is 13.2. The van der Waals surface area contributed by atoms with Gasteiger partial charge in [0.05, 0.1) is 11.2 Å². The van der Waals surface area contributed by atoms with Crippen LogP contribution in [0.25, 0.3) is 22.2 Å². The van der Waals surface area contributed by atoms with Gasteiger partial charge >= 0.3 is 0 Å². The predicted molar refractivity (Wildman–Crippen MR) is 116 cm³/mol. The third-order valence-corrected chi connectivity index (χ3v) is 6.65. The summed E-state index contributed by atoms with van der Waals surface area (Å²) >= 11 is 0. The molecule has 0 radical (unpaired) electrons. The summed E-state index contributed by atoms with van der Waals surface area (Å²) in [5.41, 5.74) is 3.57. The smallest absolute Gasteiger partial charge is 0.253 e. The average molecular weight is 402 g/mol. The van der Waals surface area contributed by atoms with Crippen molar-refractivity contribution in [1.29, 1.82) is 0 Å². The first-order valence-electron chi connectivity index (χ1n) is 10.5. The molecule has 5 rings (SSSR count). The van der Waals surface area contributed by atoms with Gasteiger partial charge in [0.15, 0.2) is 0 Å². The fraction of sp³-hybridized carbons (Fsp3) is 0.375. The van der Waals surface area contributed by atoms with E-state index in [-0.39, 0.29) is 11.4 Å². The Morgan fingerprint density at radius 3 is 2.60 bits per heavy atom. The number of benzene rings is 1. The van der Waals surface area contributed by atoms with Crippen LogP contribution < -0.4 is 0 Å². The number of rotatable bonds is 2. The maximum Gasteiger partial charge on any atom is 0.253 e. The van der Waals surface area contributed by atoms with Gasteiger partial charge < -0.3 is 9.64 Å². The number of aromatic nitrogens is 2. The first-order chi connectivity index (χ1) is 14.7. The van der Waals surface area contributed by atoms with Gasteiger partial charge in [0.1, 0.15) is 0 Å². The van der Waals surface area contributed by atoms with Crippen LogP contribution in [0.3, 0.4) is 0 Å². The van der Waals surface area contributed by atoms with E-state index in [1.54, 1.807) is 12.4 Å². The van der Waals surface area contributed by atoms with Gasteiger partial charge in [0.25, 0.3) is 5.91 Å². The van der Waals surface area contributed by atoms with Crippen molar-refractivity contribution in [3.05, 3.63) is 60.4 Å². The van der Waals surface area contributed by atoms with Gasteiger partial charge in [-0.2, -0.15) is 0 Å². The van der Waals surface area contributed by atoms with E-state index in [0.717, 1.165) is 73.4 Å². The maximum atomic E-state index is 13.2. The summed E-state index contributed by atoms with van der Waals surface area (Å²) in [6.07, 6.45) is 5.52. The minimum atomic E-state index is 0.0476. The Hall–Kier alpha value is -2.83. The standard InChI is InChI=1S/C24H26N4O2/c1-27-13-14-28(17-24(27)9-15-30-16-10-24)23(29)19-6-4-18(5-7-19)22-20-3-2-11-25-21(20)8-12-26-22/h2-8,11-12H,9-10,13-17H2,1H3. The van der Waals surface area contributed by atoms with E-state index in [9.17, 15) is 4.79 Å². The zero-order valence-electron chi connectivity index (χ0n) is 17.3. The molecule has 2 aromatic heterocycles. The highest BCUT2D eigenvalue weighted by atomic mass is 16.5. The Morgan fingerprint density at radius 2 is 1.80 bits per heavy atom. The summed E-state index contributed by atoms with van der Waals surface area (Å²) in [7, 11) is 2.17. The molecule has 2 aliphatic heterocycles. The third kappa shape index (κ3) is 3.36. The Labute approximate surface area is 176 Å². The SMILES string of the molecule is CN1CCN(C(=O)c2ccc(-c3nccc4ncccc34)cc2)CC12CCOCC2. The molecule has 6 heteroatoms. The summed E-state index contributed by atoms with van der Waals surface area (Å²) in [5, 5.41) is 1.01. The second-order valence-electron chi connectivity index (χ2n) is 8.29.